The molecule has 1 unspecified atom stereocenters. The predicted molar refractivity (Wildman–Crippen MR) is 132 cm³/mol. The maximum Gasteiger partial charge on any atom is 0.573 e. The summed E-state index contributed by atoms with van der Waals surface area (Å²) in [4.78, 5) is -0.0954. The SMILES string of the molecule is O=S(=O)(NC1CCCC(=C2c3ccccc3CCc3ccccc32)C1)c1ccc(OC(F)(F)F)cc1. The molecule has 1 saturated carbocycles. The molecule has 2 aliphatic rings. The van der Waals surface area contributed by atoms with Crippen molar-refractivity contribution in [2.75, 3.05) is 0 Å². The summed E-state index contributed by atoms with van der Waals surface area (Å²) in [6, 6.07) is 20.8. The minimum atomic E-state index is -4.83. The van der Waals surface area contributed by atoms with Crippen LogP contribution >= 0.6 is 0 Å². The van der Waals surface area contributed by atoms with Crippen LogP contribution < -0.4 is 9.46 Å². The molecule has 3 aromatic rings. The second kappa shape index (κ2) is 9.75. The number of fused-ring (bicyclic) bond motifs is 2. The van der Waals surface area contributed by atoms with Crippen molar-refractivity contribution in [1.82, 2.24) is 4.72 Å². The van der Waals surface area contributed by atoms with E-state index in [4.69, 9.17) is 0 Å². The lowest BCUT2D eigenvalue weighted by Crippen LogP contribution is -2.36. The van der Waals surface area contributed by atoms with Gasteiger partial charge in [-0.3, -0.25) is 0 Å². The topological polar surface area (TPSA) is 55.4 Å². The largest absolute Gasteiger partial charge is 0.573 e. The molecule has 188 valence electrons. The number of hydrogen-bond acceptors (Lipinski definition) is 3. The molecule has 0 saturated heterocycles. The van der Waals surface area contributed by atoms with Crippen LogP contribution in [0.15, 0.2) is 83.3 Å². The maximum absolute atomic E-state index is 13.0. The first-order valence-corrected chi connectivity index (χ1v) is 13.4. The van der Waals surface area contributed by atoms with Crippen molar-refractivity contribution in [3.05, 3.63) is 101 Å². The molecule has 4 nitrogen and oxygen atoms in total. The normalized spacial score (nSPS) is 18.2. The van der Waals surface area contributed by atoms with E-state index in [0.29, 0.717) is 12.8 Å². The summed E-state index contributed by atoms with van der Waals surface area (Å²) in [6.45, 7) is 0. The summed E-state index contributed by atoms with van der Waals surface area (Å²) in [5.41, 5.74) is 7.43. The first kappa shape index (κ1) is 24.6. The van der Waals surface area contributed by atoms with Gasteiger partial charge in [0.25, 0.3) is 0 Å². The molecule has 0 heterocycles. The van der Waals surface area contributed by atoms with Crippen LogP contribution in [-0.4, -0.2) is 20.8 Å². The van der Waals surface area contributed by atoms with Crippen LogP contribution in [0.25, 0.3) is 5.57 Å². The molecule has 0 spiro atoms. The number of hydrogen-bond donors (Lipinski definition) is 1. The van der Waals surface area contributed by atoms with Crippen molar-refractivity contribution in [2.24, 2.45) is 0 Å². The molecule has 5 rings (SSSR count). The van der Waals surface area contributed by atoms with Crippen molar-refractivity contribution in [2.45, 2.75) is 55.8 Å². The highest BCUT2D eigenvalue weighted by molar-refractivity contribution is 7.89. The first-order chi connectivity index (χ1) is 17.2. The fraction of sp³-hybridized carbons (Fsp3) is 0.286. The van der Waals surface area contributed by atoms with E-state index in [-0.39, 0.29) is 10.9 Å². The molecular weight excluding hydrogens is 487 g/mol. The standard InChI is InChI=1S/C28H26F3NO3S/c29-28(30,31)35-23-14-16-24(17-15-23)36(33,34)32-22-9-5-8-21(18-22)27-25-10-3-1-6-19(25)12-13-20-7-2-4-11-26(20)27/h1-4,6-7,10-11,14-17,22,32H,5,8-9,12-13,18H2. The van der Waals surface area contributed by atoms with Crippen molar-refractivity contribution in [3.63, 3.8) is 0 Å². The molecule has 0 amide bonds. The third-order valence-corrected chi connectivity index (χ3v) is 8.34. The lowest BCUT2D eigenvalue weighted by atomic mass is 9.82. The molecule has 0 radical (unpaired) electrons. The molecule has 3 aromatic carbocycles. The summed E-state index contributed by atoms with van der Waals surface area (Å²) < 4.78 is 70.0. The predicted octanol–water partition coefficient (Wildman–Crippen LogP) is 6.41. The summed E-state index contributed by atoms with van der Waals surface area (Å²) in [6.07, 6.45) is 0.0670. The number of nitrogens with one attached hydrogen (secondary N) is 1. The lowest BCUT2D eigenvalue weighted by Gasteiger charge is -2.28. The van der Waals surface area contributed by atoms with E-state index in [9.17, 15) is 21.6 Å². The molecular formula is C28H26F3NO3S. The number of aryl methyl sites for hydroxylation is 2. The molecule has 1 atom stereocenters. The average Bonchev–Trinajstić information content (AvgIpc) is 3.00. The van der Waals surface area contributed by atoms with E-state index in [2.05, 4.69) is 45.9 Å². The van der Waals surface area contributed by atoms with Gasteiger partial charge in [0, 0.05) is 6.04 Å². The van der Waals surface area contributed by atoms with E-state index in [1.165, 1.54) is 33.4 Å². The van der Waals surface area contributed by atoms with Gasteiger partial charge in [0.2, 0.25) is 10.0 Å². The molecule has 0 aliphatic heterocycles. The van der Waals surface area contributed by atoms with Gasteiger partial charge in [-0.25, -0.2) is 13.1 Å². The number of ether oxygens (including phenoxy) is 1. The second-order valence-electron chi connectivity index (χ2n) is 9.23. The van der Waals surface area contributed by atoms with Crippen LogP contribution in [0.2, 0.25) is 0 Å². The number of alkyl halides is 3. The van der Waals surface area contributed by atoms with E-state index < -0.39 is 22.1 Å². The van der Waals surface area contributed by atoms with E-state index >= 15 is 0 Å². The first-order valence-electron chi connectivity index (χ1n) is 12.0. The van der Waals surface area contributed by atoms with Crippen LogP contribution in [0.4, 0.5) is 13.2 Å². The fourth-order valence-electron chi connectivity index (χ4n) is 5.26. The number of sulfonamides is 1. The molecule has 1 N–H and O–H groups in total. The Morgan fingerprint density at radius 1 is 0.806 bits per heavy atom. The maximum atomic E-state index is 13.0. The van der Waals surface area contributed by atoms with E-state index in [0.717, 1.165) is 49.9 Å². The van der Waals surface area contributed by atoms with Gasteiger partial charge in [-0.1, -0.05) is 54.1 Å². The Balaban J connectivity index is 1.43. The van der Waals surface area contributed by atoms with Gasteiger partial charge in [0.05, 0.1) is 4.90 Å². The van der Waals surface area contributed by atoms with Crippen molar-refractivity contribution >= 4 is 15.6 Å². The Labute approximate surface area is 208 Å². The number of halogens is 3. The van der Waals surface area contributed by atoms with E-state index in [1.54, 1.807) is 0 Å². The van der Waals surface area contributed by atoms with Crippen molar-refractivity contribution in [3.8, 4) is 5.75 Å². The zero-order valence-electron chi connectivity index (χ0n) is 19.5. The molecule has 0 bridgehead atoms. The number of rotatable bonds is 4. The Bertz CT molecular complexity index is 1350. The third-order valence-electron chi connectivity index (χ3n) is 6.80. The third kappa shape index (κ3) is 5.34. The summed E-state index contributed by atoms with van der Waals surface area (Å²) in [7, 11) is -3.91. The molecule has 2 aliphatic carbocycles. The average molecular weight is 514 g/mol. The van der Waals surface area contributed by atoms with Crippen molar-refractivity contribution < 1.29 is 26.3 Å². The highest BCUT2D eigenvalue weighted by atomic mass is 32.2. The van der Waals surface area contributed by atoms with Gasteiger partial charge in [-0.2, -0.15) is 0 Å². The Hall–Kier alpha value is -3.10. The molecule has 0 aromatic heterocycles. The van der Waals surface area contributed by atoms with Crippen LogP contribution in [0, 0.1) is 0 Å². The van der Waals surface area contributed by atoms with Crippen LogP contribution in [0.1, 0.15) is 47.9 Å². The molecule has 1 fully saturated rings. The minimum absolute atomic E-state index is 0.0954. The summed E-state index contributed by atoms with van der Waals surface area (Å²) in [5.74, 6) is -0.461. The van der Waals surface area contributed by atoms with Gasteiger partial charge in [0.15, 0.2) is 0 Å². The summed E-state index contributed by atoms with van der Waals surface area (Å²) >= 11 is 0. The minimum Gasteiger partial charge on any atom is -0.406 e. The smallest absolute Gasteiger partial charge is 0.406 e. The Kier molecular flexibility index (Phi) is 6.66. The van der Waals surface area contributed by atoms with Crippen LogP contribution in [0.3, 0.4) is 0 Å². The quantitative estimate of drug-likeness (QED) is 0.439. The summed E-state index contributed by atoms with van der Waals surface area (Å²) in [5, 5.41) is 0. The zero-order valence-corrected chi connectivity index (χ0v) is 20.3. The zero-order chi connectivity index (χ0) is 25.3. The van der Waals surface area contributed by atoms with Gasteiger partial charge in [-0.05, 0) is 90.6 Å². The lowest BCUT2D eigenvalue weighted by molar-refractivity contribution is -0.274. The monoisotopic (exact) mass is 513 g/mol. The van der Waals surface area contributed by atoms with Gasteiger partial charge in [-0.15, -0.1) is 13.2 Å². The number of benzene rings is 3. The fourth-order valence-corrected chi connectivity index (χ4v) is 6.53. The van der Waals surface area contributed by atoms with Gasteiger partial charge in [0.1, 0.15) is 5.75 Å². The molecule has 8 heteroatoms. The molecule has 36 heavy (non-hydrogen) atoms. The van der Waals surface area contributed by atoms with Crippen molar-refractivity contribution in [1.29, 1.82) is 0 Å². The van der Waals surface area contributed by atoms with Crippen LogP contribution in [-0.2, 0) is 22.9 Å². The highest BCUT2D eigenvalue weighted by Gasteiger charge is 2.32. The Morgan fingerprint density at radius 2 is 1.39 bits per heavy atom. The van der Waals surface area contributed by atoms with Crippen LogP contribution in [0.5, 0.6) is 5.75 Å². The van der Waals surface area contributed by atoms with Gasteiger partial charge < -0.3 is 4.74 Å². The Morgan fingerprint density at radius 3 is 1.97 bits per heavy atom. The highest BCUT2D eigenvalue weighted by Crippen LogP contribution is 2.40. The van der Waals surface area contributed by atoms with Gasteiger partial charge >= 0.3 is 6.36 Å². The van der Waals surface area contributed by atoms with E-state index in [1.807, 2.05) is 12.1 Å². The second-order valence-corrected chi connectivity index (χ2v) is 10.9.